The fourth-order valence-electron chi connectivity index (χ4n) is 1.82. The largest absolute Gasteiger partial charge is 0.496 e. The van der Waals surface area contributed by atoms with Crippen LogP contribution in [-0.4, -0.2) is 14.2 Å². The van der Waals surface area contributed by atoms with Gasteiger partial charge in [-0.3, -0.25) is 0 Å². The summed E-state index contributed by atoms with van der Waals surface area (Å²) in [6.45, 7) is 0. The highest BCUT2D eigenvalue weighted by atomic mass is 31.0. The number of benzene rings is 2. The first-order chi connectivity index (χ1) is 8.27. The Bertz CT molecular complexity index is 509. The molecule has 0 aliphatic rings. The van der Waals surface area contributed by atoms with Crippen LogP contribution in [0.5, 0.6) is 11.5 Å². The van der Waals surface area contributed by atoms with Crippen LogP contribution in [0.1, 0.15) is 0 Å². The second kappa shape index (κ2) is 5.20. The number of ether oxygens (including phenoxy) is 2. The highest BCUT2D eigenvalue weighted by molar-refractivity contribution is 7.28. The summed E-state index contributed by atoms with van der Waals surface area (Å²) in [6, 6.07) is 14.1. The normalized spacial score (nSPS) is 10.1. The van der Waals surface area contributed by atoms with Crippen LogP contribution in [0.25, 0.3) is 11.1 Å². The van der Waals surface area contributed by atoms with Crippen molar-refractivity contribution in [3.63, 3.8) is 0 Å². The first kappa shape index (κ1) is 11.9. The van der Waals surface area contributed by atoms with Crippen molar-refractivity contribution >= 4 is 14.5 Å². The first-order valence-corrected chi connectivity index (χ1v) is 5.91. The van der Waals surface area contributed by atoms with Gasteiger partial charge in [-0.1, -0.05) is 39.6 Å². The number of methoxy groups -OCH3 is 2. The molecule has 88 valence electrons. The van der Waals surface area contributed by atoms with Crippen molar-refractivity contribution in [2.45, 2.75) is 0 Å². The lowest BCUT2D eigenvalue weighted by Gasteiger charge is -2.14. The third-order valence-electron chi connectivity index (χ3n) is 2.66. The lowest BCUT2D eigenvalue weighted by molar-refractivity contribution is 0.402. The van der Waals surface area contributed by atoms with E-state index >= 15 is 0 Å². The fraction of sp³-hybridized carbons (Fsp3) is 0.143. The van der Waals surface area contributed by atoms with E-state index < -0.39 is 0 Å². The molecule has 17 heavy (non-hydrogen) atoms. The zero-order valence-electron chi connectivity index (χ0n) is 9.94. The number of hydrogen-bond donors (Lipinski definition) is 0. The summed E-state index contributed by atoms with van der Waals surface area (Å²) in [5.74, 6) is 1.65. The van der Waals surface area contributed by atoms with Crippen molar-refractivity contribution in [1.82, 2.24) is 0 Å². The third-order valence-corrected chi connectivity index (χ3v) is 3.21. The Morgan fingerprint density at radius 3 is 2.18 bits per heavy atom. The van der Waals surface area contributed by atoms with Crippen molar-refractivity contribution < 1.29 is 9.47 Å². The molecule has 0 aromatic heterocycles. The lowest BCUT2D eigenvalue weighted by atomic mass is 10.0. The zero-order valence-corrected chi connectivity index (χ0v) is 11.1. The summed E-state index contributed by atoms with van der Waals surface area (Å²) in [5.41, 5.74) is 2.20. The second-order valence-electron chi connectivity index (χ2n) is 3.63. The van der Waals surface area contributed by atoms with Crippen LogP contribution in [0, 0.1) is 0 Å². The molecule has 3 heteroatoms. The molecule has 2 nitrogen and oxygen atoms in total. The van der Waals surface area contributed by atoms with E-state index in [1.165, 1.54) is 0 Å². The van der Waals surface area contributed by atoms with Gasteiger partial charge in [-0.15, -0.1) is 0 Å². The quantitative estimate of drug-likeness (QED) is 0.775. The van der Waals surface area contributed by atoms with E-state index in [-0.39, 0.29) is 0 Å². The Kier molecular flexibility index (Phi) is 3.65. The minimum absolute atomic E-state index is 0.812. The summed E-state index contributed by atoms with van der Waals surface area (Å²) in [5, 5.41) is 0.941. The Balaban J connectivity index is 2.59. The molecular weight excluding hydrogens is 231 g/mol. The van der Waals surface area contributed by atoms with Gasteiger partial charge in [0, 0.05) is 5.56 Å². The average molecular weight is 246 g/mol. The van der Waals surface area contributed by atoms with Crippen LogP contribution in [0.3, 0.4) is 0 Å². The molecule has 2 rings (SSSR count). The van der Waals surface area contributed by atoms with E-state index in [4.69, 9.17) is 9.47 Å². The van der Waals surface area contributed by atoms with E-state index in [2.05, 4.69) is 21.4 Å². The average Bonchev–Trinajstić information content (AvgIpc) is 2.39. The van der Waals surface area contributed by atoms with Gasteiger partial charge >= 0.3 is 0 Å². The molecule has 1 unspecified atom stereocenters. The maximum atomic E-state index is 5.47. The van der Waals surface area contributed by atoms with Gasteiger partial charge in [-0.2, -0.15) is 0 Å². The zero-order chi connectivity index (χ0) is 12.3. The maximum Gasteiger partial charge on any atom is 0.137 e. The topological polar surface area (TPSA) is 18.5 Å². The molecule has 0 bridgehead atoms. The molecule has 1 atom stereocenters. The molecule has 0 spiro atoms. The Morgan fingerprint density at radius 2 is 1.59 bits per heavy atom. The van der Waals surface area contributed by atoms with Crippen LogP contribution in [-0.2, 0) is 0 Å². The summed E-state index contributed by atoms with van der Waals surface area (Å²) in [4.78, 5) is 0. The van der Waals surface area contributed by atoms with Gasteiger partial charge in [0.2, 0.25) is 0 Å². The lowest BCUT2D eigenvalue weighted by Crippen LogP contribution is -2.04. The van der Waals surface area contributed by atoms with E-state index in [0.717, 1.165) is 27.9 Å². The van der Waals surface area contributed by atoms with Gasteiger partial charge in [-0.05, 0) is 17.7 Å². The van der Waals surface area contributed by atoms with Gasteiger partial charge in [-0.25, -0.2) is 0 Å². The van der Waals surface area contributed by atoms with Crippen molar-refractivity contribution in [1.29, 1.82) is 0 Å². The van der Waals surface area contributed by atoms with Gasteiger partial charge < -0.3 is 9.47 Å². The molecule has 0 saturated heterocycles. The second-order valence-corrected chi connectivity index (χ2v) is 4.21. The van der Waals surface area contributed by atoms with Gasteiger partial charge in [0.05, 0.1) is 19.5 Å². The van der Waals surface area contributed by atoms with Crippen molar-refractivity contribution in [2.75, 3.05) is 14.2 Å². The summed E-state index contributed by atoms with van der Waals surface area (Å²) >= 11 is 0. The first-order valence-electron chi connectivity index (χ1n) is 5.33. The van der Waals surface area contributed by atoms with E-state index in [9.17, 15) is 0 Å². The molecule has 0 heterocycles. The standard InChI is InChI=1S/C14H15O2P/c1-15-12-9-8-11(13(16-2)14(12)17)10-6-4-3-5-7-10/h3-9H,17H2,1-2H3. The third kappa shape index (κ3) is 2.27. The molecular formula is C14H15O2P. The van der Waals surface area contributed by atoms with Crippen LogP contribution in [0.2, 0.25) is 0 Å². The summed E-state index contributed by atoms with van der Waals surface area (Å²) < 4.78 is 10.7. The molecule has 0 N–H and O–H groups in total. The predicted molar refractivity (Wildman–Crippen MR) is 74.3 cm³/mol. The Hall–Kier alpha value is -1.53. The molecule has 0 radical (unpaired) electrons. The fourth-order valence-corrected chi connectivity index (χ4v) is 2.31. The smallest absolute Gasteiger partial charge is 0.137 e. The van der Waals surface area contributed by atoms with Crippen LogP contribution < -0.4 is 14.8 Å². The van der Waals surface area contributed by atoms with Crippen molar-refractivity contribution in [2.24, 2.45) is 0 Å². The van der Waals surface area contributed by atoms with E-state index in [0.29, 0.717) is 0 Å². The highest BCUT2D eigenvalue weighted by Gasteiger charge is 2.12. The van der Waals surface area contributed by atoms with Crippen molar-refractivity contribution in [3.8, 4) is 22.6 Å². The SMILES string of the molecule is COc1ccc(-c2ccccc2)c(OC)c1P. The van der Waals surface area contributed by atoms with E-state index in [1.54, 1.807) is 14.2 Å². The molecule has 0 aliphatic heterocycles. The predicted octanol–water partition coefficient (Wildman–Crippen LogP) is 2.87. The van der Waals surface area contributed by atoms with Crippen LogP contribution in [0.4, 0.5) is 0 Å². The molecule has 0 fully saturated rings. The number of hydrogen-bond acceptors (Lipinski definition) is 2. The minimum Gasteiger partial charge on any atom is -0.496 e. The highest BCUT2D eigenvalue weighted by Crippen LogP contribution is 2.32. The summed E-state index contributed by atoms with van der Waals surface area (Å²) in [7, 11) is 6.00. The molecule has 0 saturated carbocycles. The molecule has 2 aromatic rings. The maximum absolute atomic E-state index is 5.47. The van der Waals surface area contributed by atoms with Crippen LogP contribution in [0.15, 0.2) is 42.5 Å². The number of rotatable bonds is 3. The summed E-state index contributed by atoms with van der Waals surface area (Å²) in [6.07, 6.45) is 0. The van der Waals surface area contributed by atoms with Gasteiger partial charge in [0.1, 0.15) is 11.5 Å². The molecule has 0 aliphatic carbocycles. The minimum atomic E-state index is 0.812. The van der Waals surface area contributed by atoms with E-state index in [1.807, 2.05) is 30.3 Å². The van der Waals surface area contributed by atoms with Gasteiger partial charge in [0.15, 0.2) is 0 Å². The van der Waals surface area contributed by atoms with Crippen LogP contribution >= 0.6 is 9.24 Å². The monoisotopic (exact) mass is 246 g/mol. The molecule has 0 amide bonds. The van der Waals surface area contributed by atoms with Crippen molar-refractivity contribution in [3.05, 3.63) is 42.5 Å². The Labute approximate surface area is 104 Å². The molecule has 2 aromatic carbocycles. The Morgan fingerprint density at radius 1 is 0.882 bits per heavy atom. The van der Waals surface area contributed by atoms with Gasteiger partial charge in [0.25, 0.3) is 0 Å².